The molecule has 0 spiro atoms. The van der Waals surface area contributed by atoms with Crippen LogP contribution in [0.25, 0.3) is 33.4 Å². The molecule has 0 amide bonds. The maximum absolute atomic E-state index is 14.0. The normalized spacial score (nSPS) is 18.1. The number of β-amino-alcohol motifs (C(OH)–C–C–N with tert-alkyl or cyclic N) is 1. The van der Waals surface area contributed by atoms with E-state index in [-0.39, 0.29) is 17.8 Å². The predicted octanol–water partition coefficient (Wildman–Crippen LogP) is 6.88. The molecule has 2 aliphatic rings. The second-order valence-corrected chi connectivity index (χ2v) is 13.7. The minimum Gasteiger partial charge on any atom is -0.481 e. The number of anilines is 2. The van der Waals surface area contributed by atoms with E-state index in [2.05, 4.69) is 30.1 Å². The van der Waals surface area contributed by atoms with Crippen molar-refractivity contribution < 1.29 is 28.5 Å². The van der Waals surface area contributed by atoms with Crippen molar-refractivity contribution in [3.63, 3.8) is 0 Å². The number of hydrogen-bond acceptors (Lipinski definition) is 10. The van der Waals surface area contributed by atoms with E-state index in [1.165, 1.54) is 0 Å². The molecule has 0 saturated carbocycles. The average molecular weight is 730 g/mol. The van der Waals surface area contributed by atoms with E-state index in [9.17, 15) is 23.8 Å². The summed E-state index contributed by atoms with van der Waals surface area (Å²) in [6, 6.07) is 16.9. The molecular formula is C38H38ClF2N7O4. The molecule has 11 nitrogen and oxygen atoms in total. The van der Waals surface area contributed by atoms with E-state index in [1.54, 1.807) is 19.4 Å². The number of hydrogen-bond donors (Lipinski definition) is 3. The number of pyridine rings is 2. The number of carboxylic acids is 1. The molecule has 3 N–H and O–H groups in total. The molecule has 7 rings (SSSR count). The van der Waals surface area contributed by atoms with Gasteiger partial charge in [-0.25, -0.2) is 23.7 Å². The van der Waals surface area contributed by atoms with Gasteiger partial charge in [0.2, 0.25) is 5.88 Å². The number of likely N-dealkylation sites (tertiary alicyclic amines) is 2. The number of aliphatic hydroxyl groups is 1. The molecule has 2 atom stereocenters. The number of carbonyl (C=O) groups is 1. The third-order valence-electron chi connectivity index (χ3n) is 9.76. The average Bonchev–Trinajstić information content (AvgIpc) is 3.78. The lowest BCUT2D eigenvalue weighted by molar-refractivity contribution is -0.141. The molecular weight excluding hydrogens is 692 g/mol. The maximum atomic E-state index is 14.0. The van der Waals surface area contributed by atoms with Crippen molar-refractivity contribution in [2.75, 3.05) is 38.6 Å². The molecule has 5 aromatic rings. The standard InChI is InChI=1S/C38H38ClF2N7O4/c1-21-26(27-6-3-7-28(32(27)39)30-10-9-23(37(45-30)52-2)18-48-13-11-24(19-48)38(50)51)5-4-8-29(21)43-35-33-31(44-36(46-35)34(40)41)15-22(16-42-33)17-47-14-12-25(49)20-47/h3-10,15-16,24-25,34,49H,11-14,17-20H2,1-2H3,(H,50,51)(H,43,44,46)/t24-,25-/m1/s1. The highest BCUT2D eigenvalue weighted by Crippen LogP contribution is 2.40. The topological polar surface area (TPSA) is 137 Å². The van der Waals surface area contributed by atoms with Crippen LogP contribution < -0.4 is 10.1 Å². The predicted molar refractivity (Wildman–Crippen MR) is 194 cm³/mol. The first-order valence-electron chi connectivity index (χ1n) is 17.1. The van der Waals surface area contributed by atoms with Gasteiger partial charge in [-0.2, -0.15) is 0 Å². The minimum absolute atomic E-state index is 0.160. The summed E-state index contributed by atoms with van der Waals surface area (Å²) < 4.78 is 33.7. The van der Waals surface area contributed by atoms with Crippen molar-refractivity contribution >= 4 is 40.1 Å². The smallest absolute Gasteiger partial charge is 0.307 e. The van der Waals surface area contributed by atoms with Crippen molar-refractivity contribution in [1.29, 1.82) is 0 Å². The number of ether oxygens (including phenoxy) is 1. The molecule has 2 aliphatic heterocycles. The fraction of sp³-hybridized carbons (Fsp3) is 0.342. The fourth-order valence-electron chi connectivity index (χ4n) is 7.03. The second-order valence-electron chi connectivity index (χ2n) is 13.3. The summed E-state index contributed by atoms with van der Waals surface area (Å²) in [6.45, 7) is 5.42. The van der Waals surface area contributed by atoms with Crippen LogP contribution in [0.15, 0.2) is 60.8 Å². The van der Waals surface area contributed by atoms with Gasteiger partial charge < -0.3 is 20.3 Å². The van der Waals surface area contributed by atoms with Crippen LogP contribution in [0.4, 0.5) is 20.3 Å². The molecule has 52 heavy (non-hydrogen) atoms. The Kier molecular flexibility index (Phi) is 10.3. The van der Waals surface area contributed by atoms with Gasteiger partial charge in [-0.15, -0.1) is 0 Å². The Balaban J connectivity index is 1.17. The fourth-order valence-corrected chi connectivity index (χ4v) is 7.35. The number of nitrogens with zero attached hydrogens (tertiary/aromatic N) is 6. The summed E-state index contributed by atoms with van der Waals surface area (Å²) in [6.07, 6.45) is -0.269. The highest BCUT2D eigenvalue weighted by Gasteiger charge is 2.29. The van der Waals surface area contributed by atoms with Crippen molar-refractivity contribution in [2.24, 2.45) is 5.92 Å². The van der Waals surface area contributed by atoms with Gasteiger partial charge in [-0.05, 0) is 61.2 Å². The Hall–Kier alpha value is -4.82. The Morgan fingerprint density at radius 2 is 1.75 bits per heavy atom. The SMILES string of the molecule is COc1nc(-c2cccc(-c3cccc(Nc4nc(C(F)F)nc5cc(CN6CC[C@@H](O)C6)cnc45)c3C)c2Cl)ccc1CN1CC[C@@H](C(=O)O)C1. The molecule has 270 valence electrons. The number of alkyl halides is 2. The molecule has 2 fully saturated rings. The quantitative estimate of drug-likeness (QED) is 0.131. The molecule has 0 radical (unpaired) electrons. The van der Waals surface area contributed by atoms with Crippen molar-refractivity contribution in [3.8, 4) is 28.3 Å². The zero-order chi connectivity index (χ0) is 36.5. The van der Waals surface area contributed by atoms with E-state index in [4.69, 9.17) is 21.3 Å². The summed E-state index contributed by atoms with van der Waals surface area (Å²) in [5, 5.41) is 23.0. The number of nitrogens with one attached hydrogen (secondary N) is 1. The third-order valence-corrected chi connectivity index (χ3v) is 10.2. The van der Waals surface area contributed by atoms with Gasteiger partial charge in [0.05, 0.1) is 35.4 Å². The zero-order valence-corrected chi connectivity index (χ0v) is 29.4. The highest BCUT2D eigenvalue weighted by atomic mass is 35.5. The minimum atomic E-state index is -2.89. The van der Waals surface area contributed by atoms with Crippen LogP contribution in [0.5, 0.6) is 5.88 Å². The number of aliphatic hydroxyl groups excluding tert-OH is 1. The van der Waals surface area contributed by atoms with Crippen LogP contribution in [0.2, 0.25) is 5.02 Å². The lowest BCUT2D eigenvalue weighted by Gasteiger charge is -2.18. The van der Waals surface area contributed by atoms with Gasteiger partial charge in [-0.3, -0.25) is 19.6 Å². The molecule has 2 saturated heterocycles. The van der Waals surface area contributed by atoms with Crippen LogP contribution in [-0.4, -0.2) is 85.3 Å². The Morgan fingerprint density at radius 3 is 2.48 bits per heavy atom. The summed E-state index contributed by atoms with van der Waals surface area (Å²) in [5.41, 5.74) is 6.63. The highest BCUT2D eigenvalue weighted by molar-refractivity contribution is 6.36. The van der Waals surface area contributed by atoms with Gasteiger partial charge in [0.1, 0.15) is 5.52 Å². The van der Waals surface area contributed by atoms with Crippen LogP contribution >= 0.6 is 11.6 Å². The molecule has 2 aromatic carbocycles. The summed E-state index contributed by atoms with van der Waals surface area (Å²) in [4.78, 5) is 33.3. The van der Waals surface area contributed by atoms with Gasteiger partial charge in [0.25, 0.3) is 6.43 Å². The monoisotopic (exact) mass is 729 g/mol. The van der Waals surface area contributed by atoms with E-state index in [0.717, 1.165) is 34.4 Å². The van der Waals surface area contributed by atoms with Crippen LogP contribution in [-0.2, 0) is 17.9 Å². The third kappa shape index (κ3) is 7.40. The largest absolute Gasteiger partial charge is 0.481 e. The number of aliphatic carboxylic acids is 1. The Morgan fingerprint density at radius 1 is 1.00 bits per heavy atom. The van der Waals surface area contributed by atoms with E-state index in [1.807, 2.05) is 55.5 Å². The molecule has 5 heterocycles. The first kappa shape index (κ1) is 35.6. The number of methoxy groups -OCH3 is 1. The first-order valence-corrected chi connectivity index (χ1v) is 17.5. The van der Waals surface area contributed by atoms with Crippen LogP contribution in [0.3, 0.4) is 0 Å². The molecule has 0 bridgehead atoms. The van der Waals surface area contributed by atoms with E-state index < -0.39 is 18.2 Å². The Labute approximate surface area is 304 Å². The number of fused-ring (bicyclic) bond motifs is 1. The molecule has 0 unspecified atom stereocenters. The van der Waals surface area contributed by atoms with Gasteiger partial charge in [0, 0.05) is 61.3 Å². The van der Waals surface area contributed by atoms with Crippen LogP contribution in [0, 0.1) is 12.8 Å². The van der Waals surface area contributed by atoms with Crippen molar-refractivity contribution in [1.82, 2.24) is 29.7 Å². The second kappa shape index (κ2) is 15.0. The number of aromatic nitrogens is 4. The molecule has 3 aromatic heterocycles. The van der Waals surface area contributed by atoms with E-state index >= 15 is 0 Å². The van der Waals surface area contributed by atoms with Gasteiger partial charge in [0.15, 0.2) is 11.6 Å². The van der Waals surface area contributed by atoms with Crippen molar-refractivity contribution in [3.05, 3.63) is 88.3 Å². The van der Waals surface area contributed by atoms with Crippen molar-refractivity contribution in [2.45, 2.75) is 45.4 Å². The summed E-state index contributed by atoms with van der Waals surface area (Å²) in [5.74, 6) is -1.16. The maximum Gasteiger partial charge on any atom is 0.307 e. The summed E-state index contributed by atoms with van der Waals surface area (Å²) in [7, 11) is 1.56. The van der Waals surface area contributed by atoms with Gasteiger partial charge >= 0.3 is 5.97 Å². The zero-order valence-electron chi connectivity index (χ0n) is 28.7. The van der Waals surface area contributed by atoms with Gasteiger partial charge in [-0.1, -0.05) is 48.0 Å². The lowest BCUT2D eigenvalue weighted by atomic mass is 9.96. The molecule has 14 heteroatoms. The molecule has 0 aliphatic carbocycles. The van der Waals surface area contributed by atoms with Crippen LogP contribution in [0.1, 0.15) is 41.8 Å². The number of carboxylic acid groups (broad SMARTS) is 1. The number of benzene rings is 2. The first-order chi connectivity index (χ1) is 25.1. The lowest BCUT2D eigenvalue weighted by Crippen LogP contribution is -2.23. The summed E-state index contributed by atoms with van der Waals surface area (Å²) >= 11 is 7.10. The Bertz CT molecular complexity index is 2140. The number of halogens is 3. The van der Waals surface area contributed by atoms with E-state index in [0.29, 0.717) is 84.4 Å². The number of rotatable bonds is 11.